The Bertz CT molecular complexity index is 1310. The Morgan fingerprint density at radius 1 is 1.06 bits per heavy atom. The average Bonchev–Trinajstić information content (AvgIpc) is 3.34. The highest BCUT2D eigenvalue weighted by Crippen LogP contribution is 2.27. The Hall–Kier alpha value is -4.24. The van der Waals surface area contributed by atoms with Crippen molar-refractivity contribution in [3.05, 3.63) is 105 Å². The van der Waals surface area contributed by atoms with Gasteiger partial charge >= 0.3 is 5.97 Å². The number of ether oxygens (including phenoxy) is 2. The smallest absolute Gasteiger partial charge is 0.342 e. The number of nitrogens with zero attached hydrogens (tertiary/aromatic N) is 3. The van der Waals surface area contributed by atoms with Gasteiger partial charge in [0.05, 0.1) is 4.92 Å². The highest BCUT2D eigenvalue weighted by Gasteiger charge is 2.22. The second-order valence-electron chi connectivity index (χ2n) is 7.21. The standard InChI is InChI=1S/C24H18ClN3O6/c1-15(22-26-27-23(34-22)17-8-12-19(13-9-17)28(30)31)33-24(29)20-4-2-3-5-21(20)32-14-16-6-10-18(25)11-7-16/h2-13,15H,14H2,1H3. The Labute approximate surface area is 199 Å². The summed E-state index contributed by atoms with van der Waals surface area (Å²) in [5, 5.41) is 19.3. The van der Waals surface area contributed by atoms with E-state index in [1.54, 1.807) is 43.3 Å². The molecule has 1 unspecified atom stereocenters. The molecule has 0 saturated heterocycles. The van der Waals surface area contributed by atoms with Crippen LogP contribution in [0.25, 0.3) is 11.5 Å². The van der Waals surface area contributed by atoms with Crippen molar-refractivity contribution in [2.75, 3.05) is 0 Å². The summed E-state index contributed by atoms with van der Waals surface area (Å²) in [5.74, 6) is -0.0122. The summed E-state index contributed by atoms with van der Waals surface area (Å²) < 4.78 is 16.9. The van der Waals surface area contributed by atoms with Crippen LogP contribution in [0.2, 0.25) is 5.02 Å². The first-order valence-electron chi connectivity index (χ1n) is 10.2. The van der Waals surface area contributed by atoms with Crippen LogP contribution in [0.15, 0.2) is 77.2 Å². The fourth-order valence-corrected chi connectivity index (χ4v) is 3.14. The van der Waals surface area contributed by atoms with Crippen LogP contribution in [0.4, 0.5) is 5.69 Å². The Morgan fingerprint density at radius 3 is 2.47 bits per heavy atom. The van der Waals surface area contributed by atoms with Gasteiger partial charge in [0, 0.05) is 22.7 Å². The highest BCUT2D eigenvalue weighted by atomic mass is 35.5. The maximum atomic E-state index is 12.8. The van der Waals surface area contributed by atoms with Gasteiger partial charge < -0.3 is 13.9 Å². The molecule has 0 aliphatic carbocycles. The molecule has 0 bridgehead atoms. The van der Waals surface area contributed by atoms with Gasteiger partial charge in [-0.05, 0) is 48.9 Å². The lowest BCUT2D eigenvalue weighted by molar-refractivity contribution is -0.384. The van der Waals surface area contributed by atoms with E-state index in [0.29, 0.717) is 16.3 Å². The van der Waals surface area contributed by atoms with Gasteiger partial charge in [0.25, 0.3) is 11.6 Å². The molecule has 0 N–H and O–H groups in total. The third-order valence-corrected chi connectivity index (χ3v) is 5.06. The third kappa shape index (κ3) is 5.38. The molecule has 1 aromatic heterocycles. The lowest BCUT2D eigenvalue weighted by Crippen LogP contribution is -2.11. The molecule has 3 aromatic carbocycles. The number of rotatable bonds is 8. The van der Waals surface area contributed by atoms with Crippen LogP contribution in [0.3, 0.4) is 0 Å². The SMILES string of the molecule is CC(OC(=O)c1ccccc1OCc1ccc(Cl)cc1)c1nnc(-c2ccc([N+](=O)[O-])cc2)o1. The van der Waals surface area contributed by atoms with Crippen LogP contribution in [-0.2, 0) is 11.3 Å². The number of non-ortho nitro benzene ring substituents is 1. The van der Waals surface area contributed by atoms with Gasteiger partial charge in [0.1, 0.15) is 17.9 Å². The number of hydrogen-bond donors (Lipinski definition) is 0. The molecular formula is C24H18ClN3O6. The van der Waals surface area contributed by atoms with Crippen LogP contribution in [-0.4, -0.2) is 21.1 Å². The first-order valence-corrected chi connectivity index (χ1v) is 10.5. The summed E-state index contributed by atoms with van der Waals surface area (Å²) in [6, 6.07) is 19.6. The molecule has 0 saturated carbocycles. The van der Waals surface area contributed by atoms with E-state index in [0.717, 1.165) is 5.56 Å². The highest BCUT2D eigenvalue weighted by molar-refractivity contribution is 6.30. The summed E-state index contributed by atoms with van der Waals surface area (Å²) in [4.78, 5) is 23.1. The molecule has 1 heterocycles. The van der Waals surface area contributed by atoms with Gasteiger partial charge in [0.15, 0.2) is 6.10 Å². The predicted octanol–water partition coefficient (Wildman–Crippen LogP) is 5.80. The third-order valence-electron chi connectivity index (χ3n) is 4.81. The van der Waals surface area contributed by atoms with Crippen molar-refractivity contribution in [3.8, 4) is 17.2 Å². The molecule has 1 atom stereocenters. The first-order chi connectivity index (χ1) is 16.4. The molecule has 4 aromatic rings. The minimum atomic E-state index is -0.837. The number of nitro benzene ring substituents is 1. The Kier molecular flexibility index (Phi) is 6.84. The normalized spacial score (nSPS) is 11.6. The fraction of sp³-hybridized carbons (Fsp3) is 0.125. The number of nitro groups is 1. The van der Waals surface area contributed by atoms with Crippen LogP contribution >= 0.6 is 11.6 Å². The molecule has 172 valence electrons. The molecule has 0 amide bonds. The van der Waals surface area contributed by atoms with E-state index in [4.69, 9.17) is 25.5 Å². The molecule has 0 aliphatic rings. The van der Waals surface area contributed by atoms with Gasteiger partial charge in [-0.1, -0.05) is 35.9 Å². The van der Waals surface area contributed by atoms with E-state index in [9.17, 15) is 14.9 Å². The minimum Gasteiger partial charge on any atom is -0.488 e. The van der Waals surface area contributed by atoms with Gasteiger partial charge in [0.2, 0.25) is 5.89 Å². The number of aromatic nitrogens is 2. The van der Waals surface area contributed by atoms with Crippen LogP contribution < -0.4 is 4.74 Å². The van der Waals surface area contributed by atoms with Crippen LogP contribution in [0.5, 0.6) is 5.75 Å². The topological polar surface area (TPSA) is 118 Å². The molecule has 0 spiro atoms. The lowest BCUT2D eigenvalue weighted by Gasteiger charge is -2.13. The van der Waals surface area contributed by atoms with E-state index in [1.165, 1.54) is 24.3 Å². The largest absolute Gasteiger partial charge is 0.488 e. The number of carbonyl (C=O) groups is 1. The van der Waals surface area contributed by atoms with Gasteiger partial charge in [-0.25, -0.2) is 4.79 Å². The van der Waals surface area contributed by atoms with Crippen molar-refractivity contribution >= 4 is 23.3 Å². The van der Waals surface area contributed by atoms with Gasteiger partial charge in [-0.15, -0.1) is 10.2 Å². The second-order valence-corrected chi connectivity index (χ2v) is 7.64. The van der Waals surface area contributed by atoms with Gasteiger partial charge in [-0.2, -0.15) is 0 Å². The van der Waals surface area contributed by atoms with E-state index in [1.807, 2.05) is 12.1 Å². The average molecular weight is 480 g/mol. The zero-order valence-electron chi connectivity index (χ0n) is 17.9. The Balaban J connectivity index is 1.43. The second kappa shape index (κ2) is 10.1. The number of esters is 1. The summed E-state index contributed by atoms with van der Waals surface area (Å²) in [5.41, 5.74) is 1.59. The zero-order valence-corrected chi connectivity index (χ0v) is 18.6. The Morgan fingerprint density at radius 2 is 1.76 bits per heavy atom. The lowest BCUT2D eigenvalue weighted by atomic mass is 10.2. The number of para-hydroxylation sites is 1. The maximum Gasteiger partial charge on any atom is 0.342 e. The molecule has 0 radical (unpaired) electrons. The molecule has 9 nitrogen and oxygen atoms in total. The van der Waals surface area contributed by atoms with Crippen molar-refractivity contribution in [1.29, 1.82) is 0 Å². The summed E-state index contributed by atoms with van der Waals surface area (Å²) in [6.07, 6.45) is -0.837. The summed E-state index contributed by atoms with van der Waals surface area (Å²) in [7, 11) is 0. The number of carbonyl (C=O) groups excluding carboxylic acids is 1. The fourth-order valence-electron chi connectivity index (χ4n) is 3.02. The summed E-state index contributed by atoms with van der Waals surface area (Å²) >= 11 is 5.90. The van der Waals surface area contributed by atoms with E-state index < -0.39 is 17.0 Å². The van der Waals surface area contributed by atoms with Crippen molar-refractivity contribution in [3.63, 3.8) is 0 Å². The van der Waals surface area contributed by atoms with Crippen molar-refractivity contribution in [2.45, 2.75) is 19.6 Å². The van der Waals surface area contributed by atoms with E-state index >= 15 is 0 Å². The van der Waals surface area contributed by atoms with Crippen LogP contribution in [0.1, 0.15) is 34.8 Å². The molecule has 0 fully saturated rings. The minimum absolute atomic E-state index is 0.0530. The quantitative estimate of drug-likeness (QED) is 0.177. The predicted molar refractivity (Wildman–Crippen MR) is 122 cm³/mol. The molecule has 34 heavy (non-hydrogen) atoms. The van der Waals surface area contributed by atoms with E-state index in [2.05, 4.69) is 10.2 Å². The molecule has 0 aliphatic heterocycles. The molecule has 4 rings (SSSR count). The van der Waals surface area contributed by atoms with Crippen LogP contribution in [0, 0.1) is 10.1 Å². The monoisotopic (exact) mass is 479 g/mol. The van der Waals surface area contributed by atoms with Crippen molar-refractivity contribution < 1.29 is 23.6 Å². The number of benzene rings is 3. The van der Waals surface area contributed by atoms with Gasteiger partial charge in [-0.3, -0.25) is 10.1 Å². The van der Waals surface area contributed by atoms with E-state index in [-0.39, 0.29) is 29.6 Å². The first kappa shape index (κ1) is 22.9. The summed E-state index contributed by atoms with van der Waals surface area (Å²) in [6.45, 7) is 1.85. The molecular weight excluding hydrogens is 462 g/mol. The molecule has 10 heteroatoms. The zero-order chi connectivity index (χ0) is 24.1. The van der Waals surface area contributed by atoms with Crippen molar-refractivity contribution in [1.82, 2.24) is 10.2 Å². The maximum absolute atomic E-state index is 12.8. The number of halogens is 1. The van der Waals surface area contributed by atoms with Crippen molar-refractivity contribution in [2.24, 2.45) is 0 Å². The number of hydrogen-bond acceptors (Lipinski definition) is 8.